The lowest BCUT2D eigenvalue weighted by Gasteiger charge is -2.27. The molecule has 1 unspecified atom stereocenters. The van der Waals surface area contributed by atoms with Crippen LogP contribution >= 0.6 is 0 Å². The number of methoxy groups -OCH3 is 2. The van der Waals surface area contributed by atoms with Gasteiger partial charge in [0.25, 0.3) is 11.7 Å². The van der Waals surface area contributed by atoms with Gasteiger partial charge >= 0.3 is 0 Å². The van der Waals surface area contributed by atoms with Crippen molar-refractivity contribution in [2.45, 2.75) is 19.9 Å². The third-order valence-electron chi connectivity index (χ3n) is 6.05. The van der Waals surface area contributed by atoms with Crippen LogP contribution in [0.15, 0.2) is 60.2 Å². The average molecular weight is 508 g/mol. The monoisotopic (exact) mass is 507 g/mol. The number of hydrogen-bond donors (Lipinski definition) is 2. The minimum Gasteiger partial charge on any atom is -0.507 e. The second-order valence-corrected chi connectivity index (χ2v) is 8.35. The van der Waals surface area contributed by atoms with Crippen LogP contribution in [0.5, 0.6) is 23.0 Å². The van der Waals surface area contributed by atoms with E-state index in [4.69, 9.17) is 14.2 Å². The number of ether oxygens (including phenoxy) is 3. The summed E-state index contributed by atoms with van der Waals surface area (Å²) in [6.45, 7) is 3.88. The SMILES string of the molecule is CCOc1cc(C2/C(=C(\O)c3cc(F)ccc3OC)C(=O)C(=O)N2c2cc(C)ccc2O)ccc1OC. The summed E-state index contributed by atoms with van der Waals surface area (Å²) in [7, 11) is 2.81. The second kappa shape index (κ2) is 10.2. The van der Waals surface area contributed by atoms with Crippen LogP contribution in [0.25, 0.3) is 5.76 Å². The number of anilines is 1. The van der Waals surface area contributed by atoms with E-state index >= 15 is 0 Å². The van der Waals surface area contributed by atoms with Gasteiger partial charge in [0.2, 0.25) is 0 Å². The fourth-order valence-electron chi connectivity index (χ4n) is 4.36. The highest BCUT2D eigenvalue weighted by molar-refractivity contribution is 6.52. The van der Waals surface area contributed by atoms with Crippen molar-refractivity contribution in [3.05, 3.63) is 82.7 Å². The Bertz CT molecular complexity index is 1420. The van der Waals surface area contributed by atoms with E-state index in [2.05, 4.69) is 0 Å². The number of aliphatic hydroxyl groups excluding tert-OH is 1. The van der Waals surface area contributed by atoms with Crippen LogP contribution in [0.1, 0.15) is 29.7 Å². The molecule has 1 heterocycles. The maximum atomic E-state index is 14.2. The number of benzene rings is 3. The molecule has 1 fully saturated rings. The quantitative estimate of drug-likeness (QED) is 0.267. The van der Waals surface area contributed by atoms with Crippen LogP contribution in [0.2, 0.25) is 0 Å². The molecule has 1 aliphatic heterocycles. The van der Waals surface area contributed by atoms with Crippen LogP contribution in [0.4, 0.5) is 10.1 Å². The minimum atomic E-state index is -1.19. The van der Waals surface area contributed by atoms with Crippen molar-refractivity contribution in [2.24, 2.45) is 0 Å². The molecule has 4 rings (SSSR count). The Morgan fingerprint density at radius 2 is 1.68 bits per heavy atom. The predicted octanol–water partition coefficient (Wildman–Crippen LogP) is 4.88. The molecule has 3 aromatic carbocycles. The zero-order valence-corrected chi connectivity index (χ0v) is 20.7. The normalized spacial score (nSPS) is 16.7. The highest BCUT2D eigenvalue weighted by atomic mass is 19.1. The second-order valence-electron chi connectivity index (χ2n) is 8.35. The molecule has 8 nitrogen and oxygen atoms in total. The Hall–Kier alpha value is -4.53. The van der Waals surface area contributed by atoms with E-state index in [0.717, 1.165) is 22.6 Å². The summed E-state index contributed by atoms with van der Waals surface area (Å²) in [5.74, 6) is -2.64. The summed E-state index contributed by atoms with van der Waals surface area (Å²) in [4.78, 5) is 27.9. The van der Waals surface area contributed by atoms with Crippen LogP contribution in [-0.2, 0) is 9.59 Å². The van der Waals surface area contributed by atoms with Crippen molar-refractivity contribution in [3.8, 4) is 23.0 Å². The number of amides is 1. The molecule has 1 saturated heterocycles. The first kappa shape index (κ1) is 25.6. The Morgan fingerprint density at radius 3 is 2.35 bits per heavy atom. The lowest BCUT2D eigenvalue weighted by molar-refractivity contribution is -0.132. The Balaban J connectivity index is 2.04. The highest BCUT2D eigenvalue weighted by Crippen LogP contribution is 2.47. The van der Waals surface area contributed by atoms with E-state index in [1.807, 2.05) is 0 Å². The van der Waals surface area contributed by atoms with E-state index in [9.17, 15) is 24.2 Å². The average Bonchev–Trinajstić information content (AvgIpc) is 3.15. The zero-order chi connectivity index (χ0) is 26.9. The van der Waals surface area contributed by atoms with Crippen LogP contribution in [0.3, 0.4) is 0 Å². The molecule has 0 radical (unpaired) electrons. The first-order valence-corrected chi connectivity index (χ1v) is 11.5. The number of halogens is 1. The third-order valence-corrected chi connectivity index (χ3v) is 6.05. The molecule has 0 spiro atoms. The van der Waals surface area contributed by atoms with Gasteiger partial charge in [-0.15, -0.1) is 0 Å². The number of hydrogen-bond acceptors (Lipinski definition) is 7. The summed E-state index contributed by atoms with van der Waals surface area (Å²) in [6.07, 6.45) is 0. The number of phenols is 1. The van der Waals surface area contributed by atoms with Gasteiger partial charge in [0.05, 0.1) is 43.7 Å². The highest BCUT2D eigenvalue weighted by Gasteiger charge is 2.48. The maximum absolute atomic E-state index is 14.2. The number of carbonyl (C=O) groups is 2. The van der Waals surface area contributed by atoms with Crippen molar-refractivity contribution < 1.29 is 38.4 Å². The summed E-state index contributed by atoms with van der Waals surface area (Å²) >= 11 is 0. The van der Waals surface area contributed by atoms with E-state index in [-0.39, 0.29) is 28.3 Å². The molecule has 0 aromatic heterocycles. The van der Waals surface area contributed by atoms with Gasteiger partial charge in [0.1, 0.15) is 23.1 Å². The van der Waals surface area contributed by atoms with Crippen molar-refractivity contribution in [3.63, 3.8) is 0 Å². The number of aryl methyl sites for hydroxylation is 1. The molecule has 9 heteroatoms. The molecule has 192 valence electrons. The molecular weight excluding hydrogens is 481 g/mol. The molecule has 2 N–H and O–H groups in total. The Morgan fingerprint density at radius 1 is 0.973 bits per heavy atom. The van der Waals surface area contributed by atoms with Gasteiger partial charge < -0.3 is 24.4 Å². The van der Waals surface area contributed by atoms with Crippen molar-refractivity contribution >= 4 is 23.1 Å². The zero-order valence-electron chi connectivity index (χ0n) is 20.7. The van der Waals surface area contributed by atoms with E-state index < -0.39 is 29.3 Å². The van der Waals surface area contributed by atoms with Gasteiger partial charge in [0, 0.05) is 0 Å². The topological polar surface area (TPSA) is 106 Å². The molecule has 3 aromatic rings. The number of Topliss-reactive ketones (excluding diaryl/α,β-unsaturated/α-hetero) is 1. The summed E-state index contributed by atoms with van der Waals surface area (Å²) < 4.78 is 30.5. The summed E-state index contributed by atoms with van der Waals surface area (Å²) in [6, 6.07) is 11.7. The first-order chi connectivity index (χ1) is 17.7. The van der Waals surface area contributed by atoms with Crippen molar-refractivity contribution in [1.29, 1.82) is 0 Å². The van der Waals surface area contributed by atoms with Gasteiger partial charge in [-0.3, -0.25) is 14.5 Å². The van der Waals surface area contributed by atoms with Crippen molar-refractivity contribution in [2.75, 3.05) is 25.7 Å². The van der Waals surface area contributed by atoms with Crippen LogP contribution in [-0.4, -0.2) is 42.7 Å². The molecule has 1 aliphatic rings. The largest absolute Gasteiger partial charge is 0.507 e. The summed E-state index contributed by atoms with van der Waals surface area (Å²) in [5, 5.41) is 22.0. The third kappa shape index (κ3) is 4.55. The molecule has 1 amide bonds. The molecular formula is C28H26FNO7. The molecule has 0 bridgehead atoms. The fraction of sp³-hybridized carbons (Fsp3) is 0.214. The Kier molecular flexibility index (Phi) is 7.06. The van der Waals surface area contributed by atoms with Gasteiger partial charge in [-0.1, -0.05) is 12.1 Å². The summed E-state index contributed by atoms with van der Waals surface area (Å²) in [5.41, 5.74) is 0.789. The smallest absolute Gasteiger partial charge is 0.300 e. The minimum absolute atomic E-state index is 0.0751. The molecule has 37 heavy (non-hydrogen) atoms. The standard InChI is InChI=1S/C28H26FNO7/c1-5-37-23-13-16(7-10-22(23)36-4)25-24(26(32)18-14-17(29)8-11-21(18)35-3)27(33)28(34)30(25)19-12-15(2)6-9-20(19)31/h6-14,25,31-32H,5H2,1-4H3/b26-24+. The molecule has 0 aliphatic carbocycles. The predicted molar refractivity (Wildman–Crippen MR) is 135 cm³/mol. The van der Waals surface area contributed by atoms with Gasteiger partial charge in [-0.25, -0.2) is 4.39 Å². The Labute approximate surface area is 213 Å². The number of carbonyl (C=O) groups excluding carboxylic acids is 2. The number of aromatic hydroxyl groups is 1. The number of nitrogens with zero attached hydrogens (tertiary/aromatic N) is 1. The number of rotatable bonds is 7. The lowest BCUT2D eigenvalue weighted by atomic mass is 9.94. The van der Waals surface area contributed by atoms with E-state index in [0.29, 0.717) is 23.7 Å². The van der Waals surface area contributed by atoms with Gasteiger partial charge in [-0.2, -0.15) is 0 Å². The van der Waals surface area contributed by atoms with Gasteiger partial charge in [0.15, 0.2) is 11.5 Å². The number of aliphatic hydroxyl groups is 1. The fourth-order valence-corrected chi connectivity index (χ4v) is 4.36. The first-order valence-electron chi connectivity index (χ1n) is 11.5. The maximum Gasteiger partial charge on any atom is 0.300 e. The molecule has 0 saturated carbocycles. The number of ketones is 1. The lowest BCUT2D eigenvalue weighted by Crippen LogP contribution is -2.29. The van der Waals surface area contributed by atoms with E-state index in [1.54, 1.807) is 44.2 Å². The van der Waals surface area contributed by atoms with Crippen molar-refractivity contribution in [1.82, 2.24) is 0 Å². The molecule has 1 atom stereocenters. The van der Waals surface area contributed by atoms with Crippen LogP contribution < -0.4 is 19.1 Å². The van der Waals surface area contributed by atoms with Gasteiger partial charge in [-0.05, 0) is 67.4 Å². The van der Waals surface area contributed by atoms with E-state index in [1.165, 1.54) is 26.4 Å². The van der Waals surface area contributed by atoms with Crippen LogP contribution in [0, 0.1) is 12.7 Å². The number of phenolic OH excluding ortho intramolecular Hbond substituents is 1.